The van der Waals surface area contributed by atoms with Crippen molar-refractivity contribution in [3.05, 3.63) is 54.4 Å². The lowest BCUT2D eigenvalue weighted by atomic mass is 10.2. The second kappa shape index (κ2) is 5.54. The average molecular weight is 284 g/mol. The van der Waals surface area contributed by atoms with Crippen molar-refractivity contribution in [1.82, 2.24) is 10.1 Å². The molecule has 0 saturated heterocycles. The second-order valence-corrected chi connectivity index (χ2v) is 4.32. The summed E-state index contributed by atoms with van der Waals surface area (Å²) in [5, 5.41) is 22.5. The van der Waals surface area contributed by atoms with Gasteiger partial charge in [0.1, 0.15) is 5.75 Å². The molecule has 0 radical (unpaired) electrons. The van der Waals surface area contributed by atoms with Crippen LogP contribution in [-0.4, -0.2) is 20.4 Å². The lowest BCUT2D eigenvalue weighted by Gasteiger charge is -2.01. The molecule has 0 fully saturated rings. The number of nitrogens with zero attached hydrogens (tertiary/aromatic N) is 2. The minimum atomic E-state index is -0.243. The molecule has 6 nitrogen and oxygen atoms in total. The highest BCUT2D eigenvalue weighted by Gasteiger charge is 2.11. The predicted octanol–water partition coefficient (Wildman–Crippen LogP) is 2.73. The highest BCUT2D eigenvalue weighted by Crippen LogP contribution is 2.29. The monoisotopic (exact) mass is 284 g/mol. The Morgan fingerprint density at radius 1 is 1.00 bits per heavy atom. The highest BCUT2D eigenvalue weighted by molar-refractivity contribution is 5.58. The maximum absolute atomic E-state index is 9.46. The van der Waals surface area contributed by atoms with Gasteiger partial charge in [0.2, 0.25) is 5.82 Å². The molecule has 6 heteroatoms. The SMILES string of the molecule is Oc1ccc(-c2nc(COc3ccccc3)no2)cc1O. The van der Waals surface area contributed by atoms with E-state index in [1.54, 1.807) is 6.07 Å². The maximum atomic E-state index is 9.46. The second-order valence-electron chi connectivity index (χ2n) is 4.32. The van der Waals surface area contributed by atoms with Crippen LogP contribution >= 0.6 is 0 Å². The third kappa shape index (κ3) is 2.94. The van der Waals surface area contributed by atoms with Crippen molar-refractivity contribution in [2.24, 2.45) is 0 Å². The van der Waals surface area contributed by atoms with Crippen LogP contribution in [0.5, 0.6) is 17.2 Å². The van der Waals surface area contributed by atoms with Gasteiger partial charge in [0, 0.05) is 5.56 Å². The van der Waals surface area contributed by atoms with Gasteiger partial charge >= 0.3 is 0 Å². The Labute approximate surface area is 120 Å². The molecule has 2 N–H and O–H groups in total. The molecular weight excluding hydrogens is 272 g/mol. The summed E-state index contributed by atoms with van der Waals surface area (Å²) >= 11 is 0. The van der Waals surface area contributed by atoms with Gasteiger partial charge in [-0.05, 0) is 30.3 Å². The molecule has 1 aromatic heterocycles. The molecule has 2 aromatic carbocycles. The number of aromatic hydroxyl groups is 2. The van der Waals surface area contributed by atoms with Crippen LogP contribution in [-0.2, 0) is 6.61 Å². The zero-order chi connectivity index (χ0) is 14.7. The molecule has 0 bridgehead atoms. The van der Waals surface area contributed by atoms with Crippen molar-refractivity contribution in [1.29, 1.82) is 0 Å². The third-order valence-electron chi connectivity index (χ3n) is 2.80. The smallest absolute Gasteiger partial charge is 0.258 e. The van der Waals surface area contributed by atoms with Crippen molar-refractivity contribution in [2.75, 3.05) is 0 Å². The number of rotatable bonds is 4. The number of aromatic nitrogens is 2. The number of benzene rings is 2. The largest absolute Gasteiger partial charge is 0.504 e. The molecule has 3 rings (SSSR count). The zero-order valence-electron chi connectivity index (χ0n) is 10.9. The molecule has 0 unspecified atom stereocenters. The number of phenols is 2. The molecule has 3 aromatic rings. The summed E-state index contributed by atoms with van der Waals surface area (Å²) in [6.07, 6.45) is 0. The molecule has 0 amide bonds. The average Bonchev–Trinajstić information content (AvgIpc) is 2.98. The Bertz CT molecular complexity index is 740. The standard InChI is InChI=1S/C15H12N2O4/c18-12-7-6-10(8-13(12)19)15-16-14(17-21-15)9-20-11-4-2-1-3-5-11/h1-8,18-19H,9H2. The first-order valence-corrected chi connectivity index (χ1v) is 6.25. The van der Waals surface area contributed by atoms with Crippen molar-refractivity contribution >= 4 is 0 Å². The number of para-hydroxylation sites is 1. The van der Waals surface area contributed by atoms with Crippen LogP contribution in [0.15, 0.2) is 53.1 Å². The quantitative estimate of drug-likeness (QED) is 0.716. The lowest BCUT2D eigenvalue weighted by Crippen LogP contribution is -1.97. The van der Waals surface area contributed by atoms with Gasteiger partial charge in [-0.3, -0.25) is 0 Å². The Morgan fingerprint density at radius 3 is 2.57 bits per heavy atom. The molecular formula is C15H12N2O4. The fraction of sp³-hybridized carbons (Fsp3) is 0.0667. The summed E-state index contributed by atoms with van der Waals surface area (Å²) in [4.78, 5) is 4.17. The normalized spacial score (nSPS) is 10.5. The van der Waals surface area contributed by atoms with Crippen molar-refractivity contribution in [2.45, 2.75) is 6.61 Å². The minimum Gasteiger partial charge on any atom is -0.504 e. The summed E-state index contributed by atoms with van der Waals surface area (Å²) in [6.45, 7) is 0.178. The number of hydrogen-bond acceptors (Lipinski definition) is 6. The van der Waals surface area contributed by atoms with E-state index in [2.05, 4.69) is 10.1 Å². The van der Waals surface area contributed by atoms with E-state index in [1.807, 2.05) is 30.3 Å². The van der Waals surface area contributed by atoms with Gasteiger partial charge in [0.05, 0.1) is 0 Å². The van der Waals surface area contributed by atoms with Crippen LogP contribution in [0.4, 0.5) is 0 Å². The van der Waals surface area contributed by atoms with E-state index in [-0.39, 0.29) is 24.0 Å². The van der Waals surface area contributed by atoms with E-state index in [0.717, 1.165) is 0 Å². The maximum Gasteiger partial charge on any atom is 0.258 e. The van der Waals surface area contributed by atoms with E-state index in [0.29, 0.717) is 17.1 Å². The van der Waals surface area contributed by atoms with E-state index < -0.39 is 0 Å². The topological polar surface area (TPSA) is 88.6 Å². The Morgan fingerprint density at radius 2 is 1.81 bits per heavy atom. The van der Waals surface area contributed by atoms with Gasteiger partial charge < -0.3 is 19.5 Å². The predicted molar refractivity (Wildman–Crippen MR) is 73.8 cm³/mol. The molecule has 0 aliphatic heterocycles. The van der Waals surface area contributed by atoms with Crippen LogP contribution in [0.1, 0.15) is 5.82 Å². The molecule has 0 saturated carbocycles. The first-order chi connectivity index (χ1) is 10.2. The Kier molecular flexibility index (Phi) is 3.42. The van der Waals surface area contributed by atoms with Gasteiger partial charge in [0.25, 0.3) is 5.89 Å². The summed E-state index contributed by atoms with van der Waals surface area (Å²) in [6, 6.07) is 13.6. The van der Waals surface area contributed by atoms with Crippen LogP contribution in [0.3, 0.4) is 0 Å². The number of hydrogen-bond donors (Lipinski definition) is 2. The highest BCUT2D eigenvalue weighted by atomic mass is 16.5. The van der Waals surface area contributed by atoms with Crippen molar-refractivity contribution in [3.63, 3.8) is 0 Å². The fourth-order valence-electron chi connectivity index (χ4n) is 1.75. The molecule has 0 spiro atoms. The van der Waals surface area contributed by atoms with Crippen molar-refractivity contribution < 1.29 is 19.5 Å². The number of ether oxygens (including phenoxy) is 1. The zero-order valence-corrected chi connectivity index (χ0v) is 10.9. The molecule has 21 heavy (non-hydrogen) atoms. The van der Waals surface area contributed by atoms with E-state index >= 15 is 0 Å². The fourth-order valence-corrected chi connectivity index (χ4v) is 1.75. The van der Waals surface area contributed by atoms with Crippen LogP contribution in [0, 0.1) is 0 Å². The molecule has 0 atom stereocenters. The molecule has 0 aliphatic carbocycles. The lowest BCUT2D eigenvalue weighted by molar-refractivity contribution is 0.287. The van der Waals surface area contributed by atoms with Crippen LogP contribution in [0.25, 0.3) is 11.5 Å². The number of phenolic OH excluding ortho intramolecular Hbond substituents is 2. The minimum absolute atomic E-state index is 0.178. The third-order valence-corrected chi connectivity index (χ3v) is 2.80. The van der Waals surface area contributed by atoms with Gasteiger partial charge in [-0.2, -0.15) is 4.98 Å². The van der Waals surface area contributed by atoms with Gasteiger partial charge in [0.15, 0.2) is 18.1 Å². The van der Waals surface area contributed by atoms with E-state index in [9.17, 15) is 10.2 Å². The van der Waals surface area contributed by atoms with Crippen LogP contribution in [0.2, 0.25) is 0 Å². The molecule has 0 aliphatic rings. The first kappa shape index (κ1) is 13.0. The molecule has 1 heterocycles. The Hall–Kier alpha value is -3.02. The first-order valence-electron chi connectivity index (χ1n) is 6.25. The van der Waals surface area contributed by atoms with Gasteiger partial charge in [-0.25, -0.2) is 0 Å². The summed E-state index contributed by atoms with van der Waals surface area (Å²) in [5.41, 5.74) is 0.517. The van der Waals surface area contributed by atoms with E-state index in [1.165, 1.54) is 12.1 Å². The van der Waals surface area contributed by atoms with Crippen LogP contribution < -0.4 is 4.74 Å². The summed E-state index contributed by atoms with van der Waals surface area (Å²) in [7, 11) is 0. The Balaban J connectivity index is 1.72. The van der Waals surface area contributed by atoms with Gasteiger partial charge in [-0.1, -0.05) is 23.4 Å². The van der Waals surface area contributed by atoms with Gasteiger partial charge in [-0.15, -0.1) is 0 Å². The van der Waals surface area contributed by atoms with Crippen molar-refractivity contribution in [3.8, 4) is 28.7 Å². The van der Waals surface area contributed by atoms with E-state index in [4.69, 9.17) is 9.26 Å². The summed E-state index contributed by atoms with van der Waals surface area (Å²) < 4.78 is 10.6. The molecule has 106 valence electrons. The summed E-state index contributed by atoms with van der Waals surface area (Å²) in [5.74, 6) is 0.906.